The minimum absolute atomic E-state index is 0.351. The maximum atomic E-state index is 6.11. The Morgan fingerprint density at radius 2 is 2.23 bits per heavy atom. The monoisotopic (exact) mass is 376 g/mol. The second-order valence-corrected chi connectivity index (χ2v) is 9.26. The number of nitrogens with zero attached hydrogens (tertiary/aromatic N) is 2. The van der Waals surface area contributed by atoms with Gasteiger partial charge < -0.3 is 15.4 Å². The number of aliphatic imine (C=N–C) groups is 1. The molecule has 3 unspecified atom stereocenters. The summed E-state index contributed by atoms with van der Waals surface area (Å²) in [5, 5.41) is 10.5. The molecule has 0 radical (unpaired) electrons. The van der Waals surface area contributed by atoms with Gasteiger partial charge in [-0.15, -0.1) is 11.3 Å². The lowest BCUT2D eigenvalue weighted by Gasteiger charge is -2.57. The Morgan fingerprint density at radius 3 is 2.92 bits per heavy atom. The van der Waals surface area contributed by atoms with E-state index in [2.05, 4.69) is 36.8 Å². The normalized spacial score (nSPS) is 29.8. The van der Waals surface area contributed by atoms with Crippen molar-refractivity contribution in [3.05, 3.63) is 16.1 Å². The molecule has 26 heavy (non-hydrogen) atoms. The van der Waals surface area contributed by atoms with E-state index in [9.17, 15) is 0 Å². The Bertz CT molecular complexity index is 650. The van der Waals surface area contributed by atoms with E-state index < -0.39 is 0 Å². The Kier molecular flexibility index (Phi) is 5.24. The summed E-state index contributed by atoms with van der Waals surface area (Å²) >= 11 is 1.72. The van der Waals surface area contributed by atoms with Crippen LogP contribution in [0.1, 0.15) is 69.5 Å². The van der Waals surface area contributed by atoms with Gasteiger partial charge in [0.2, 0.25) is 0 Å². The Balaban J connectivity index is 1.46. The molecule has 2 aliphatic carbocycles. The third-order valence-corrected chi connectivity index (χ3v) is 7.31. The fourth-order valence-corrected chi connectivity index (χ4v) is 6.06. The molecule has 5 nitrogen and oxygen atoms in total. The fraction of sp³-hybridized carbons (Fsp3) is 0.800. The number of aromatic nitrogens is 1. The average molecular weight is 377 g/mol. The van der Waals surface area contributed by atoms with E-state index in [0.29, 0.717) is 35.9 Å². The molecule has 2 heterocycles. The predicted octanol–water partition coefficient (Wildman–Crippen LogP) is 3.67. The van der Waals surface area contributed by atoms with Crippen molar-refractivity contribution in [3.8, 4) is 0 Å². The smallest absolute Gasteiger partial charge is 0.191 e. The first-order valence-corrected chi connectivity index (χ1v) is 11.1. The van der Waals surface area contributed by atoms with Crippen LogP contribution in [0.2, 0.25) is 0 Å². The summed E-state index contributed by atoms with van der Waals surface area (Å²) in [6, 6.07) is 0.512. The Hall–Kier alpha value is -1.14. The van der Waals surface area contributed by atoms with Crippen LogP contribution in [-0.4, -0.2) is 36.2 Å². The molecule has 2 saturated carbocycles. The third kappa shape index (κ3) is 3.15. The highest BCUT2D eigenvalue weighted by Crippen LogP contribution is 2.60. The van der Waals surface area contributed by atoms with Crippen molar-refractivity contribution in [2.24, 2.45) is 16.3 Å². The molecular weight excluding hydrogens is 344 g/mol. The van der Waals surface area contributed by atoms with Gasteiger partial charge in [0.05, 0.1) is 18.3 Å². The molecule has 4 rings (SSSR count). The zero-order chi connectivity index (χ0) is 18.1. The summed E-state index contributed by atoms with van der Waals surface area (Å²) in [5.41, 5.74) is 1.52. The van der Waals surface area contributed by atoms with Crippen LogP contribution >= 0.6 is 11.3 Å². The Labute approximate surface area is 161 Å². The molecular formula is C20H32N4OS. The number of nitrogens with one attached hydrogen (secondary N) is 2. The standard InChI is InChI=1S/C20H32N4OS/c1-4-21-19(22-11-16-23-15(12-26-16)13(2)3)24-17-14-7-10-25-18(14)20(17)8-5-6-9-20/h12-14,17-18H,4-11H2,1-3H3,(H2,21,22,24). The van der Waals surface area contributed by atoms with Crippen LogP contribution in [0, 0.1) is 11.3 Å². The van der Waals surface area contributed by atoms with Gasteiger partial charge in [-0.2, -0.15) is 0 Å². The van der Waals surface area contributed by atoms with E-state index in [0.717, 1.165) is 24.1 Å². The van der Waals surface area contributed by atoms with Crippen molar-refractivity contribution in [2.75, 3.05) is 13.2 Å². The number of hydrogen-bond donors (Lipinski definition) is 2. The quantitative estimate of drug-likeness (QED) is 0.608. The summed E-state index contributed by atoms with van der Waals surface area (Å²) in [5.74, 6) is 2.08. The topological polar surface area (TPSA) is 58.5 Å². The summed E-state index contributed by atoms with van der Waals surface area (Å²) in [4.78, 5) is 9.56. The third-order valence-electron chi connectivity index (χ3n) is 6.46. The number of guanidine groups is 1. The van der Waals surface area contributed by atoms with Gasteiger partial charge in [0.15, 0.2) is 5.96 Å². The van der Waals surface area contributed by atoms with Crippen LogP contribution < -0.4 is 10.6 Å². The number of rotatable bonds is 5. The molecule has 3 aliphatic rings. The zero-order valence-electron chi connectivity index (χ0n) is 16.3. The molecule has 1 aromatic rings. The molecule has 0 amide bonds. The molecule has 0 bridgehead atoms. The van der Waals surface area contributed by atoms with Gasteiger partial charge in [0.1, 0.15) is 5.01 Å². The fourth-order valence-electron chi connectivity index (χ4n) is 5.18. The summed E-state index contributed by atoms with van der Waals surface area (Å²) in [6.45, 7) is 8.96. The second kappa shape index (κ2) is 7.47. The SMILES string of the molecule is CCNC(=NCc1nc(C(C)C)cs1)NC1C2CCOC2C12CCCC2. The van der Waals surface area contributed by atoms with Crippen molar-refractivity contribution in [1.29, 1.82) is 0 Å². The highest BCUT2D eigenvalue weighted by molar-refractivity contribution is 7.09. The summed E-state index contributed by atoms with van der Waals surface area (Å²) < 4.78 is 6.11. The second-order valence-electron chi connectivity index (χ2n) is 8.32. The number of hydrogen-bond acceptors (Lipinski definition) is 4. The van der Waals surface area contributed by atoms with Gasteiger partial charge in [0, 0.05) is 35.9 Å². The molecule has 1 aromatic heterocycles. The van der Waals surface area contributed by atoms with E-state index in [1.165, 1.54) is 37.8 Å². The average Bonchev–Trinajstić information content (AvgIpc) is 3.36. The van der Waals surface area contributed by atoms with Crippen molar-refractivity contribution in [2.45, 2.75) is 77.5 Å². The first kappa shape index (κ1) is 18.2. The molecule has 144 valence electrons. The van der Waals surface area contributed by atoms with Crippen molar-refractivity contribution in [3.63, 3.8) is 0 Å². The van der Waals surface area contributed by atoms with E-state index in [-0.39, 0.29) is 0 Å². The molecule has 3 fully saturated rings. The number of ether oxygens (including phenoxy) is 1. The van der Waals surface area contributed by atoms with Crippen molar-refractivity contribution >= 4 is 17.3 Å². The zero-order valence-corrected chi connectivity index (χ0v) is 17.1. The van der Waals surface area contributed by atoms with E-state index >= 15 is 0 Å². The molecule has 3 atom stereocenters. The van der Waals surface area contributed by atoms with Gasteiger partial charge in [-0.1, -0.05) is 26.7 Å². The molecule has 0 aromatic carbocycles. The summed E-state index contributed by atoms with van der Waals surface area (Å²) in [6.07, 6.45) is 6.96. The lowest BCUT2D eigenvalue weighted by molar-refractivity contribution is -0.125. The Morgan fingerprint density at radius 1 is 1.42 bits per heavy atom. The maximum absolute atomic E-state index is 6.11. The highest BCUT2D eigenvalue weighted by atomic mass is 32.1. The molecule has 6 heteroatoms. The first-order chi connectivity index (χ1) is 12.6. The van der Waals surface area contributed by atoms with Gasteiger partial charge in [0.25, 0.3) is 0 Å². The van der Waals surface area contributed by atoms with Crippen molar-refractivity contribution < 1.29 is 4.74 Å². The van der Waals surface area contributed by atoms with Crippen LogP contribution in [0.15, 0.2) is 10.4 Å². The van der Waals surface area contributed by atoms with E-state index in [4.69, 9.17) is 14.7 Å². The number of fused-ring (bicyclic) bond motifs is 2. The number of thiazole rings is 1. The summed E-state index contributed by atoms with van der Waals surface area (Å²) in [7, 11) is 0. The minimum Gasteiger partial charge on any atom is -0.377 e. The van der Waals surface area contributed by atoms with Crippen LogP contribution in [0.4, 0.5) is 0 Å². The van der Waals surface area contributed by atoms with Gasteiger partial charge >= 0.3 is 0 Å². The van der Waals surface area contributed by atoms with Crippen molar-refractivity contribution in [1.82, 2.24) is 15.6 Å². The van der Waals surface area contributed by atoms with E-state index in [1.807, 2.05) is 0 Å². The minimum atomic E-state index is 0.351. The van der Waals surface area contributed by atoms with Crippen LogP contribution in [-0.2, 0) is 11.3 Å². The first-order valence-electron chi connectivity index (χ1n) is 10.2. The lowest BCUT2D eigenvalue weighted by atomic mass is 9.54. The van der Waals surface area contributed by atoms with Gasteiger partial charge in [-0.25, -0.2) is 9.98 Å². The van der Waals surface area contributed by atoms with Crippen LogP contribution in [0.25, 0.3) is 0 Å². The van der Waals surface area contributed by atoms with Gasteiger partial charge in [-0.05, 0) is 32.1 Å². The van der Waals surface area contributed by atoms with Crippen LogP contribution in [0.5, 0.6) is 0 Å². The molecule has 1 saturated heterocycles. The highest BCUT2D eigenvalue weighted by Gasteiger charge is 2.65. The molecule has 1 aliphatic heterocycles. The largest absolute Gasteiger partial charge is 0.377 e. The maximum Gasteiger partial charge on any atom is 0.191 e. The lowest BCUT2D eigenvalue weighted by Crippen LogP contribution is -2.69. The van der Waals surface area contributed by atoms with E-state index in [1.54, 1.807) is 11.3 Å². The predicted molar refractivity (Wildman–Crippen MR) is 107 cm³/mol. The van der Waals surface area contributed by atoms with Crippen LogP contribution in [0.3, 0.4) is 0 Å². The molecule has 2 N–H and O–H groups in total. The van der Waals surface area contributed by atoms with Gasteiger partial charge in [-0.3, -0.25) is 0 Å². The molecule has 1 spiro atoms.